The minimum Gasteiger partial charge on any atom is -0.445 e. The lowest BCUT2D eigenvalue weighted by molar-refractivity contribution is -0.246. The van der Waals surface area contributed by atoms with Gasteiger partial charge in [0.05, 0.1) is 6.10 Å². The van der Waals surface area contributed by atoms with E-state index in [1.807, 2.05) is 11.2 Å². The minimum atomic E-state index is -0.739. The number of carbonyl (C=O) groups is 3. The summed E-state index contributed by atoms with van der Waals surface area (Å²) in [5.74, 6) is -0.0366. The lowest BCUT2D eigenvalue weighted by Crippen LogP contribution is -2.72. The lowest BCUT2D eigenvalue weighted by atomic mass is 9.32. The van der Waals surface area contributed by atoms with E-state index >= 15 is 0 Å². The number of alkyl carbamates (subject to hydrolysis) is 1. The Morgan fingerprint density at radius 2 is 1.89 bits per heavy atom. The van der Waals surface area contributed by atoms with Gasteiger partial charge in [-0.05, 0) is 81.5 Å². The first-order valence-electron chi connectivity index (χ1n) is 14.4. The fourth-order valence-corrected chi connectivity index (χ4v) is 10.6. The standard InChI is InChI=1S/C29H45FN2O5S/c1-17-14-29-16-28(9-6-20(29)33)18(2)22(34)26(3,38-5)15-21(27(17,4)24(28)29)37-25(36)31-23(35)19-7-11-32(12-8-19)13-10-30/h17-19,21-22,24,34H,6-16H2,1-5H3,(H,31,35,36)/t17-,18+,21-,22+,24-,26-,27+,28?,29?/m1/s1. The van der Waals surface area contributed by atoms with E-state index in [1.54, 1.807) is 11.8 Å². The van der Waals surface area contributed by atoms with Crippen LogP contribution in [-0.4, -0.2) is 77.3 Å². The van der Waals surface area contributed by atoms with Crippen LogP contribution in [0.3, 0.4) is 0 Å². The number of imide groups is 1. The Labute approximate surface area is 230 Å². The molecular formula is C29H45FN2O5S. The molecule has 9 heteroatoms. The molecule has 5 aliphatic rings. The van der Waals surface area contributed by atoms with Gasteiger partial charge in [0, 0.05) is 40.9 Å². The van der Waals surface area contributed by atoms with Crippen LogP contribution in [0.15, 0.2) is 0 Å². The van der Waals surface area contributed by atoms with E-state index in [4.69, 9.17) is 4.74 Å². The van der Waals surface area contributed by atoms with Crippen LogP contribution in [0.25, 0.3) is 0 Å². The maximum absolute atomic E-state index is 13.4. The van der Waals surface area contributed by atoms with E-state index in [9.17, 15) is 23.9 Å². The molecular weight excluding hydrogens is 507 g/mol. The van der Waals surface area contributed by atoms with Gasteiger partial charge in [0.1, 0.15) is 18.6 Å². The zero-order chi connectivity index (χ0) is 27.7. The number of ketones is 1. The Bertz CT molecular complexity index is 990. The zero-order valence-electron chi connectivity index (χ0n) is 23.6. The molecule has 2 N–H and O–H groups in total. The van der Waals surface area contributed by atoms with E-state index in [0.29, 0.717) is 51.1 Å². The Morgan fingerprint density at radius 1 is 1.21 bits per heavy atom. The number of hydrogen-bond acceptors (Lipinski definition) is 7. The Morgan fingerprint density at radius 3 is 2.53 bits per heavy atom. The number of piperidine rings is 1. The summed E-state index contributed by atoms with van der Waals surface area (Å²) in [4.78, 5) is 41.6. The van der Waals surface area contributed by atoms with Crippen molar-refractivity contribution in [3.05, 3.63) is 0 Å². The van der Waals surface area contributed by atoms with Crippen molar-refractivity contribution in [2.45, 2.75) is 89.6 Å². The molecule has 214 valence electrons. The molecule has 2 unspecified atom stereocenters. The minimum absolute atomic E-state index is 0.0374. The number of alkyl halides is 1. The maximum atomic E-state index is 13.4. The monoisotopic (exact) mass is 552 g/mol. The molecule has 0 aromatic heterocycles. The lowest BCUT2D eigenvalue weighted by Gasteiger charge is -2.71. The van der Waals surface area contributed by atoms with Crippen molar-refractivity contribution in [1.82, 2.24) is 10.2 Å². The number of carbonyl (C=O) groups excluding carboxylic acids is 3. The number of Topliss-reactive ketones (excluding diaryl/α,β-unsaturated/α-hetero) is 1. The van der Waals surface area contributed by atoms with Gasteiger partial charge in [-0.25, -0.2) is 9.18 Å². The summed E-state index contributed by atoms with van der Waals surface area (Å²) in [7, 11) is 0. The quantitative estimate of drug-likeness (QED) is 0.527. The predicted octanol–water partition coefficient (Wildman–Crippen LogP) is 4.21. The van der Waals surface area contributed by atoms with Gasteiger partial charge < -0.3 is 14.7 Å². The third-order valence-corrected chi connectivity index (χ3v) is 13.4. The molecule has 1 saturated heterocycles. The van der Waals surface area contributed by atoms with Crippen LogP contribution in [0.5, 0.6) is 0 Å². The number of aliphatic hydroxyl groups is 1. The fraction of sp³-hybridized carbons (Fsp3) is 0.897. The number of rotatable bonds is 5. The molecule has 5 rings (SSSR count). The van der Waals surface area contributed by atoms with Gasteiger partial charge >= 0.3 is 6.09 Å². The van der Waals surface area contributed by atoms with Crippen molar-refractivity contribution in [2.75, 3.05) is 32.6 Å². The van der Waals surface area contributed by atoms with Crippen LogP contribution in [-0.2, 0) is 14.3 Å². The van der Waals surface area contributed by atoms with Crippen LogP contribution in [0, 0.1) is 39.9 Å². The molecule has 2 spiro atoms. The Kier molecular flexibility index (Phi) is 7.25. The number of nitrogens with one attached hydrogen (secondary N) is 1. The molecule has 4 aliphatic carbocycles. The first-order chi connectivity index (χ1) is 17.9. The molecule has 2 bridgehead atoms. The average Bonchev–Trinajstić information content (AvgIpc) is 3.07. The van der Waals surface area contributed by atoms with E-state index in [-0.39, 0.29) is 40.4 Å². The van der Waals surface area contributed by atoms with Crippen molar-refractivity contribution < 1.29 is 28.6 Å². The van der Waals surface area contributed by atoms with E-state index < -0.39 is 35.1 Å². The second-order valence-electron chi connectivity index (χ2n) is 13.5. The first-order valence-corrected chi connectivity index (χ1v) is 15.7. The van der Waals surface area contributed by atoms with Gasteiger partial charge in [0.25, 0.3) is 0 Å². The summed E-state index contributed by atoms with van der Waals surface area (Å²) in [6.45, 7) is 9.85. The van der Waals surface area contributed by atoms with Crippen molar-refractivity contribution in [1.29, 1.82) is 0 Å². The average molecular weight is 553 g/mol. The second-order valence-corrected chi connectivity index (χ2v) is 14.9. The van der Waals surface area contributed by atoms with Gasteiger partial charge in [-0.1, -0.05) is 20.8 Å². The summed E-state index contributed by atoms with van der Waals surface area (Å²) in [6.07, 6.45) is 4.72. The number of halogens is 1. The van der Waals surface area contributed by atoms with E-state index in [0.717, 1.165) is 19.3 Å². The van der Waals surface area contributed by atoms with E-state index in [2.05, 4.69) is 33.0 Å². The molecule has 9 atom stereocenters. The highest BCUT2D eigenvalue weighted by molar-refractivity contribution is 8.00. The SMILES string of the molecule is CS[C@]1(C)C[C@@H](OC(=O)NC(=O)C2CCN(CCF)CC2)[C@]2(C)[C@H](C)CC34CC(CCC3=O)([C@@H](C)[C@@H]1O)[C@H]42. The van der Waals surface area contributed by atoms with Crippen LogP contribution in [0.2, 0.25) is 0 Å². The van der Waals surface area contributed by atoms with Gasteiger partial charge in [-0.2, -0.15) is 11.8 Å². The molecule has 2 amide bonds. The van der Waals surface area contributed by atoms with E-state index in [1.165, 1.54) is 0 Å². The number of nitrogens with zero attached hydrogens (tertiary/aromatic N) is 1. The smallest absolute Gasteiger partial charge is 0.414 e. The number of amides is 2. The number of ether oxygens (including phenoxy) is 1. The summed E-state index contributed by atoms with van der Waals surface area (Å²) in [6, 6.07) is 0. The highest BCUT2D eigenvalue weighted by atomic mass is 32.2. The molecule has 5 fully saturated rings. The van der Waals surface area contributed by atoms with Crippen LogP contribution in [0.1, 0.15) is 72.6 Å². The molecule has 7 nitrogen and oxygen atoms in total. The molecule has 1 aliphatic heterocycles. The first kappa shape index (κ1) is 28.3. The molecule has 0 aromatic rings. The van der Waals surface area contributed by atoms with Crippen molar-refractivity contribution >= 4 is 29.5 Å². The third-order valence-electron chi connectivity index (χ3n) is 12.1. The molecule has 1 heterocycles. The second kappa shape index (κ2) is 9.72. The summed E-state index contributed by atoms with van der Waals surface area (Å²) < 4.78 is 18.3. The maximum Gasteiger partial charge on any atom is 0.414 e. The molecule has 38 heavy (non-hydrogen) atoms. The molecule has 0 radical (unpaired) electrons. The highest BCUT2D eigenvalue weighted by Gasteiger charge is 2.81. The third kappa shape index (κ3) is 3.92. The van der Waals surface area contributed by atoms with Gasteiger partial charge in [-0.3, -0.25) is 14.9 Å². The van der Waals surface area contributed by atoms with Crippen LogP contribution in [0.4, 0.5) is 9.18 Å². The zero-order valence-corrected chi connectivity index (χ0v) is 24.4. The largest absolute Gasteiger partial charge is 0.445 e. The summed E-state index contributed by atoms with van der Waals surface area (Å²) in [5.41, 5.74) is -0.960. The van der Waals surface area contributed by atoms with Crippen molar-refractivity contribution in [3.63, 3.8) is 0 Å². The summed E-state index contributed by atoms with van der Waals surface area (Å²) in [5, 5.41) is 14.2. The number of hydrogen-bond donors (Lipinski definition) is 2. The molecule has 0 aromatic carbocycles. The number of thioether (sulfide) groups is 1. The topological polar surface area (TPSA) is 95.9 Å². The molecule has 4 saturated carbocycles. The highest BCUT2D eigenvalue weighted by Crippen LogP contribution is 2.82. The fourth-order valence-electron chi connectivity index (χ4n) is 9.85. The normalized spacial score (nSPS) is 46.9. The van der Waals surface area contributed by atoms with Crippen LogP contribution >= 0.6 is 11.8 Å². The van der Waals surface area contributed by atoms with Gasteiger partial charge in [0.2, 0.25) is 5.91 Å². The Hall–Kier alpha value is -1.19. The van der Waals surface area contributed by atoms with Gasteiger partial charge in [0.15, 0.2) is 0 Å². The van der Waals surface area contributed by atoms with Crippen LogP contribution < -0.4 is 5.32 Å². The predicted molar refractivity (Wildman–Crippen MR) is 144 cm³/mol. The Balaban J connectivity index is 1.40. The van der Waals surface area contributed by atoms with Crippen molar-refractivity contribution in [2.24, 2.45) is 39.9 Å². The number of aliphatic hydroxyl groups excluding tert-OH is 1. The van der Waals surface area contributed by atoms with Gasteiger partial charge in [-0.15, -0.1) is 0 Å². The number of likely N-dealkylation sites (tertiary alicyclic amines) is 1. The summed E-state index contributed by atoms with van der Waals surface area (Å²) >= 11 is 1.61. The van der Waals surface area contributed by atoms with Crippen molar-refractivity contribution in [3.8, 4) is 0 Å².